The van der Waals surface area contributed by atoms with Gasteiger partial charge in [0.25, 0.3) is 0 Å². The molecule has 2 aromatic carbocycles. The van der Waals surface area contributed by atoms with Crippen LogP contribution in [0.4, 0.5) is 0 Å². The predicted molar refractivity (Wildman–Crippen MR) is 93.2 cm³/mol. The van der Waals surface area contributed by atoms with E-state index >= 15 is 0 Å². The van der Waals surface area contributed by atoms with E-state index < -0.39 is 10.0 Å². The van der Waals surface area contributed by atoms with E-state index in [2.05, 4.69) is 4.72 Å². The molecule has 0 aromatic heterocycles. The third-order valence-electron chi connectivity index (χ3n) is 3.55. The molecule has 0 fully saturated rings. The van der Waals surface area contributed by atoms with E-state index in [1.54, 1.807) is 31.4 Å². The molecule has 0 saturated carbocycles. The highest BCUT2D eigenvalue weighted by Gasteiger charge is 2.19. The third-order valence-corrected chi connectivity index (χ3v) is 5.26. The monoisotopic (exact) mass is 353 g/mol. The number of hydrogen-bond acceptors (Lipinski definition) is 3. The van der Waals surface area contributed by atoms with Crippen LogP contribution in [0.15, 0.2) is 48.5 Å². The van der Waals surface area contributed by atoms with Crippen molar-refractivity contribution in [2.75, 3.05) is 7.11 Å². The van der Waals surface area contributed by atoms with Gasteiger partial charge in [-0.15, -0.1) is 0 Å². The fourth-order valence-electron chi connectivity index (χ4n) is 2.30. The normalized spacial score (nSPS) is 12.8. The highest BCUT2D eigenvalue weighted by molar-refractivity contribution is 7.88. The smallest absolute Gasteiger partial charge is 0.216 e. The number of sulfonamides is 1. The van der Waals surface area contributed by atoms with Gasteiger partial charge < -0.3 is 4.74 Å². The molecule has 0 heterocycles. The Balaban J connectivity index is 2.14. The van der Waals surface area contributed by atoms with Crippen molar-refractivity contribution in [1.82, 2.24) is 4.72 Å². The molecule has 1 N–H and O–H groups in total. The molecule has 0 radical (unpaired) electrons. The van der Waals surface area contributed by atoms with Gasteiger partial charge in [0.2, 0.25) is 10.0 Å². The lowest BCUT2D eigenvalue weighted by Crippen LogP contribution is -2.29. The van der Waals surface area contributed by atoms with Crippen molar-refractivity contribution in [1.29, 1.82) is 0 Å². The second-order valence-electron chi connectivity index (χ2n) is 5.20. The molecule has 0 aliphatic heterocycles. The van der Waals surface area contributed by atoms with Gasteiger partial charge >= 0.3 is 0 Å². The summed E-state index contributed by atoms with van der Waals surface area (Å²) < 4.78 is 32.7. The number of methoxy groups -OCH3 is 1. The van der Waals surface area contributed by atoms with Crippen LogP contribution in [-0.4, -0.2) is 15.5 Å². The zero-order chi connectivity index (χ0) is 16.9. The van der Waals surface area contributed by atoms with Gasteiger partial charge in [-0.1, -0.05) is 48.9 Å². The number of halogens is 1. The van der Waals surface area contributed by atoms with Gasteiger partial charge in [-0.2, -0.15) is 0 Å². The van der Waals surface area contributed by atoms with Gasteiger partial charge in [0.05, 0.1) is 12.9 Å². The largest absolute Gasteiger partial charge is 0.497 e. The first kappa shape index (κ1) is 17.8. The molecule has 2 rings (SSSR count). The Morgan fingerprint density at radius 2 is 1.78 bits per heavy atom. The van der Waals surface area contributed by atoms with E-state index in [1.807, 2.05) is 31.2 Å². The third kappa shape index (κ3) is 4.96. The van der Waals surface area contributed by atoms with Crippen LogP contribution in [0.25, 0.3) is 0 Å². The summed E-state index contributed by atoms with van der Waals surface area (Å²) in [5.41, 5.74) is 1.49. The lowest BCUT2D eigenvalue weighted by Gasteiger charge is -2.18. The van der Waals surface area contributed by atoms with Gasteiger partial charge in [-0.3, -0.25) is 0 Å². The van der Waals surface area contributed by atoms with Crippen LogP contribution in [0, 0.1) is 0 Å². The molecular formula is C17H20ClNO3S. The highest BCUT2D eigenvalue weighted by atomic mass is 35.5. The summed E-state index contributed by atoms with van der Waals surface area (Å²) in [5, 5.41) is 0.454. The van der Waals surface area contributed by atoms with Crippen molar-refractivity contribution in [3.63, 3.8) is 0 Å². The topological polar surface area (TPSA) is 55.4 Å². The number of hydrogen-bond donors (Lipinski definition) is 1. The molecule has 0 aliphatic rings. The van der Waals surface area contributed by atoms with E-state index in [1.165, 1.54) is 0 Å². The molecule has 4 nitrogen and oxygen atoms in total. The summed E-state index contributed by atoms with van der Waals surface area (Å²) in [6.45, 7) is 1.94. The Morgan fingerprint density at radius 3 is 2.35 bits per heavy atom. The van der Waals surface area contributed by atoms with E-state index in [9.17, 15) is 8.42 Å². The summed E-state index contributed by atoms with van der Waals surface area (Å²) in [4.78, 5) is 0. The van der Waals surface area contributed by atoms with Gasteiger partial charge in [0, 0.05) is 11.1 Å². The maximum absolute atomic E-state index is 12.4. The van der Waals surface area contributed by atoms with Gasteiger partial charge in [-0.05, 0) is 35.7 Å². The number of ether oxygens (including phenoxy) is 1. The molecule has 0 saturated heterocycles. The van der Waals surface area contributed by atoms with Crippen molar-refractivity contribution in [3.05, 3.63) is 64.7 Å². The minimum atomic E-state index is -3.50. The van der Waals surface area contributed by atoms with E-state index in [4.69, 9.17) is 16.3 Å². The second-order valence-corrected chi connectivity index (χ2v) is 7.36. The van der Waals surface area contributed by atoms with Crippen LogP contribution in [0.5, 0.6) is 5.75 Å². The summed E-state index contributed by atoms with van der Waals surface area (Å²) in [5.74, 6) is 0.599. The van der Waals surface area contributed by atoms with Gasteiger partial charge in [0.1, 0.15) is 5.75 Å². The molecule has 2 aromatic rings. The zero-order valence-corrected chi connectivity index (χ0v) is 14.7. The molecule has 0 amide bonds. The van der Waals surface area contributed by atoms with E-state index in [0.29, 0.717) is 17.0 Å². The Morgan fingerprint density at radius 1 is 1.13 bits per heavy atom. The first-order valence-electron chi connectivity index (χ1n) is 7.32. The summed E-state index contributed by atoms with van der Waals surface area (Å²) in [7, 11) is -1.90. The second kappa shape index (κ2) is 7.81. The average Bonchev–Trinajstić information content (AvgIpc) is 2.55. The summed E-state index contributed by atoms with van der Waals surface area (Å²) in [6, 6.07) is 14.0. The van der Waals surface area contributed by atoms with Gasteiger partial charge in [-0.25, -0.2) is 13.1 Å². The standard InChI is InChI=1S/C17H20ClNO3S/c1-3-17(13-8-10-15(22-2)11-9-13)19-23(20,21)12-14-6-4-5-7-16(14)18/h4-11,17,19H,3,12H2,1-2H3/t17-/m0/s1. The molecule has 124 valence electrons. The maximum atomic E-state index is 12.4. The minimum Gasteiger partial charge on any atom is -0.497 e. The number of rotatable bonds is 7. The van der Waals surface area contributed by atoms with Crippen LogP contribution in [0.3, 0.4) is 0 Å². The number of nitrogens with one attached hydrogen (secondary N) is 1. The van der Waals surface area contributed by atoms with Gasteiger partial charge in [0.15, 0.2) is 0 Å². The Labute approximate surface area is 142 Å². The van der Waals surface area contributed by atoms with Crippen LogP contribution < -0.4 is 9.46 Å². The van der Waals surface area contributed by atoms with Crippen LogP contribution >= 0.6 is 11.6 Å². The number of benzene rings is 2. The molecule has 0 aliphatic carbocycles. The lowest BCUT2D eigenvalue weighted by atomic mass is 10.1. The Bertz CT molecular complexity index is 745. The first-order chi connectivity index (χ1) is 10.9. The van der Waals surface area contributed by atoms with Crippen LogP contribution in [-0.2, 0) is 15.8 Å². The quantitative estimate of drug-likeness (QED) is 0.820. The molecule has 1 atom stereocenters. The highest BCUT2D eigenvalue weighted by Crippen LogP contribution is 2.23. The average molecular weight is 354 g/mol. The molecule has 0 spiro atoms. The molecule has 6 heteroatoms. The summed E-state index contributed by atoms with van der Waals surface area (Å²) >= 11 is 6.04. The molecular weight excluding hydrogens is 334 g/mol. The SMILES string of the molecule is CC[C@H](NS(=O)(=O)Cc1ccccc1Cl)c1ccc(OC)cc1. The summed E-state index contributed by atoms with van der Waals surface area (Å²) in [6.07, 6.45) is 0.647. The first-order valence-corrected chi connectivity index (χ1v) is 9.35. The maximum Gasteiger partial charge on any atom is 0.216 e. The van der Waals surface area contributed by atoms with Crippen molar-refractivity contribution in [2.45, 2.75) is 25.1 Å². The van der Waals surface area contributed by atoms with E-state index in [-0.39, 0.29) is 11.8 Å². The predicted octanol–water partition coefficient (Wildman–Crippen LogP) is 3.92. The molecule has 0 unspecified atom stereocenters. The van der Waals surface area contributed by atoms with Crippen molar-refractivity contribution in [3.8, 4) is 5.75 Å². The lowest BCUT2D eigenvalue weighted by molar-refractivity contribution is 0.414. The molecule has 23 heavy (non-hydrogen) atoms. The van der Waals surface area contributed by atoms with E-state index in [0.717, 1.165) is 11.3 Å². The van der Waals surface area contributed by atoms with Crippen LogP contribution in [0.2, 0.25) is 5.02 Å². The van der Waals surface area contributed by atoms with Crippen LogP contribution in [0.1, 0.15) is 30.5 Å². The Hall–Kier alpha value is -1.56. The van der Waals surface area contributed by atoms with Crippen molar-refractivity contribution < 1.29 is 13.2 Å². The fraction of sp³-hybridized carbons (Fsp3) is 0.294. The van der Waals surface area contributed by atoms with Crippen molar-refractivity contribution in [2.24, 2.45) is 0 Å². The zero-order valence-electron chi connectivity index (χ0n) is 13.1. The fourth-order valence-corrected chi connectivity index (χ4v) is 4.06. The van der Waals surface area contributed by atoms with Crippen molar-refractivity contribution >= 4 is 21.6 Å². The minimum absolute atomic E-state index is 0.140. The Kier molecular flexibility index (Phi) is 6.04. The molecule has 0 bridgehead atoms.